The van der Waals surface area contributed by atoms with Gasteiger partial charge in [0.2, 0.25) is 0 Å². The summed E-state index contributed by atoms with van der Waals surface area (Å²) in [5, 5.41) is 21.4. The van der Waals surface area contributed by atoms with Crippen molar-refractivity contribution in [1.82, 2.24) is 9.88 Å². The number of piperidine rings is 1. The lowest BCUT2D eigenvalue weighted by Crippen LogP contribution is -2.56. The number of aliphatic hydroxyl groups is 2. The molecule has 2 heterocycles. The summed E-state index contributed by atoms with van der Waals surface area (Å²) in [6.07, 6.45) is -0.0187. The van der Waals surface area contributed by atoms with Gasteiger partial charge in [-0.3, -0.25) is 4.79 Å². The van der Waals surface area contributed by atoms with Crippen molar-refractivity contribution in [1.29, 1.82) is 0 Å². The number of hydrogen-bond donors (Lipinski definition) is 2. The van der Waals surface area contributed by atoms with E-state index in [0.717, 1.165) is 15.2 Å². The molecule has 0 saturated carbocycles. The number of aromatic nitrogens is 1. The van der Waals surface area contributed by atoms with E-state index < -0.39 is 11.7 Å². The maximum Gasteiger partial charge on any atom is 0.254 e. The highest BCUT2D eigenvalue weighted by Crippen LogP contribution is 2.28. The van der Waals surface area contributed by atoms with Crippen LogP contribution in [0.25, 0.3) is 10.2 Å². The van der Waals surface area contributed by atoms with Crippen molar-refractivity contribution in [2.24, 2.45) is 0 Å². The van der Waals surface area contributed by atoms with E-state index in [4.69, 9.17) is 0 Å². The molecule has 1 saturated heterocycles. The molecule has 2 N–H and O–H groups in total. The number of amides is 1. The Morgan fingerprint density at radius 1 is 1.55 bits per heavy atom. The molecule has 6 heteroatoms. The monoisotopic (exact) mass is 320 g/mol. The van der Waals surface area contributed by atoms with Gasteiger partial charge in [0, 0.05) is 18.7 Å². The maximum absolute atomic E-state index is 12.6. The summed E-state index contributed by atoms with van der Waals surface area (Å²) in [4.78, 5) is 18.6. The van der Waals surface area contributed by atoms with E-state index in [0.29, 0.717) is 24.9 Å². The molecular formula is C16H20N2O3S. The number of aliphatic hydroxyl groups excluding tert-OH is 1. The average molecular weight is 320 g/mol. The zero-order chi connectivity index (χ0) is 15.9. The normalized spacial score (nSPS) is 25.6. The molecule has 1 aromatic heterocycles. The van der Waals surface area contributed by atoms with E-state index >= 15 is 0 Å². The number of carbonyl (C=O) groups is 1. The van der Waals surface area contributed by atoms with E-state index in [9.17, 15) is 15.0 Å². The van der Waals surface area contributed by atoms with Gasteiger partial charge in [-0.25, -0.2) is 4.98 Å². The van der Waals surface area contributed by atoms with Crippen LogP contribution in [0.2, 0.25) is 0 Å². The smallest absolute Gasteiger partial charge is 0.254 e. The van der Waals surface area contributed by atoms with Crippen molar-refractivity contribution in [3.63, 3.8) is 0 Å². The second kappa shape index (κ2) is 5.61. The Hall–Kier alpha value is -1.50. The predicted molar refractivity (Wildman–Crippen MR) is 86.1 cm³/mol. The molecule has 118 valence electrons. The van der Waals surface area contributed by atoms with Crippen molar-refractivity contribution in [3.8, 4) is 0 Å². The summed E-state index contributed by atoms with van der Waals surface area (Å²) in [6, 6.07) is 5.51. The van der Waals surface area contributed by atoms with Gasteiger partial charge in [-0.1, -0.05) is 6.92 Å². The summed E-state index contributed by atoms with van der Waals surface area (Å²) in [5.41, 5.74) is 0.329. The molecule has 0 radical (unpaired) electrons. The highest BCUT2D eigenvalue weighted by atomic mass is 32.1. The van der Waals surface area contributed by atoms with Crippen molar-refractivity contribution in [3.05, 3.63) is 28.8 Å². The Labute approximate surface area is 133 Å². The molecule has 1 aromatic carbocycles. The first kappa shape index (κ1) is 15.4. The summed E-state index contributed by atoms with van der Waals surface area (Å²) in [7, 11) is 0. The molecule has 22 heavy (non-hydrogen) atoms. The van der Waals surface area contributed by atoms with Gasteiger partial charge in [0.25, 0.3) is 5.91 Å². The third-order valence-electron chi connectivity index (χ3n) is 4.47. The highest BCUT2D eigenvalue weighted by molar-refractivity contribution is 7.18. The number of thiazole rings is 1. The van der Waals surface area contributed by atoms with Crippen molar-refractivity contribution in [2.45, 2.75) is 38.4 Å². The van der Waals surface area contributed by atoms with E-state index in [1.165, 1.54) is 0 Å². The minimum absolute atomic E-state index is 0.121. The first-order valence-corrected chi connectivity index (χ1v) is 8.31. The Balaban J connectivity index is 1.81. The van der Waals surface area contributed by atoms with Crippen LogP contribution in [0.1, 0.15) is 35.1 Å². The Kier molecular flexibility index (Phi) is 3.92. The molecule has 2 aromatic rings. The van der Waals surface area contributed by atoms with Crippen LogP contribution in [0.15, 0.2) is 18.2 Å². The van der Waals surface area contributed by atoms with Crippen molar-refractivity contribution in [2.75, 3.05) is 13.1 Å². The second-order valence-corrected chi connectivity index (χ2v) is 7.12. The third kappa shape index (κ3) is 2.62. The Morgan fingerprint density at radius 2 is 2.32 bits per heavy atom. The van der Waals surface area contributed by atoms with Crippen LogP contribution in [0.3, 0.4) is 0 Å². The van der Waals surface area contributed by atoms with Crippen LogP contribution in [0.5, 0.6) is 0 Å². The zero-order valence-electron chi connectivity index (χ0n) is 12.7. The van der Waals surface area contributed by atoms with Gasteiger partial charge in [0.1, 0.15) is 6.10 Å². The Bertz CT molecular complexity index is 714. The molecule has 5 nitrogen and oxygen atoms in total. The number of benzene rings is 1. The number of nitrogens with zero attached hydrogens (tertiary/aromatic N) is 2. The lowest BCUT2D eigenvalue weighted by Gasteiger charge is -2.41. The minimum Gasteiger partial charge on any atom is -0.388 e. The molecule has 0 aliphatic carbocycles. The molecule has 0 bridgehead atoms. The van der Waals surface area contributed by atoms with Crippen molar-refractivity contribution < 1.29 is 15.0 Å². The summed E-state index contributed by atoms with van der Waals surface area (Å²) in [6.45, 7) is 4.41. The first-order chi connectivity index (χ1) is 10.4. The van der Waals surface area contributed by atoms with Gasteiger partial charge in [-0.05, 0) is 38.0 Å². The Morgan fingerprint density at radius 3 is 3.00 bits per heavy atom. The summed E-state index contributed by atoms with van der Waals surface area (Å²) >= 11 is 1.60. The molecular weight excluding hydrogens is 300 g/mol. The lowest BCUT2D eigenvalue weighted by molar-refractivity contribution is -0.114. The lowest BCUT2D eigenvalue weighted by atomic mass is 9.86. The molecule has 0 unspecified atom stereocenters. The van der Waals surface area contributed by atoms with Gasteiger partial charge < -0.3 is 15.1 Å². The number of rotatable bonds is 2. The zero-order valence-corrected chi connectivity index (χ0v) is 13.6. The fourth-order valence-corrected chi connectivity index (χ4v) is 3.73. The van der Waals surface area contributed by atoms with Gasteiger partial charge in [0.05, 0.1) is 20.8 Å². The molecule has 1 fully saturated rings. The maximum atomic E-state index is 12.6. The molecule has 1 aliphatic rings. The molecule has 1 aliphatic heterocycles. The van der Waals surface area contributed by atoms with Gasteiger partial charge in [0.15, 0.2) is 0 Å². The topological polar surface area (TPSA) is 73.7 Å². The SMILES string of the molecule is CC[C@@]1(O)CCN(C(=O)c2ccc3sc(C)nc3c2)C[C@H]1O. The van der Waals surface area contributed by atoms with Crippen molar-refractivity contribution >= 4 is 27.5 Å². The second-order valence-electron chi connectivity index (χ2n) is 5.89. The largest absolute Gasteiger partial charge is 0.388 e. The molecule has 3 rings (SSSR count). The fraction of sp³-hybridized carbons (Fsp3) is 0.500. The van der Waals surface area contributed by atoms with Crippen LogP contribution in [0.4, 0.5) is 0 Å². The number of aryl methyl sites for hydroxylation is 1. The van der Waals surface area contributed by atoms with Crippen LogP contribution in [0, 0.1) is 6.92 Å². The highest BCUT2D eigenvalue weighted by Gasteiger charge is 2.40. The quantitative estimate of drug-likeness (QED) is 0.887. The molecule has 0 spiro atoms. The van der Waals surface area contributed by atoms with Gasteiger partial charge in [-0.2, -0.15) is 0 Å². The number of β-amino-alcohol motifs (C(OH)–C–C–N with tert-alkyl or cyclic N) is 1. The molecule has 2 atom stereocenters. The predicted octanol–water partition coefficient (Wildman–Crippen LogP) is 1.95. The number of hydrogen-bond acceptors (Lipinski definition) is 5. The van der Waals surface area contributed by atoms with E-state index in [2.05, 4.69) is 4.98 Å². The number of likely N-dealkylation sites (tertiary alicyclic amines) is 1. The standard InChI is InChI=1S/C16H20N2O3S/c1-3-16(21)6-7-18(9-14(16)19)15(20)11-4-5-13-12(8-11)17-10(2)22-13/h4-5,8,14,19,21H,3,6-7,9H2,1-2H3/t14-,16-/m1/s1. The number of carbonyl (C=O) groups excluding carboxylic acids is 1. The molecule has 1 amide bonds. The van der Waals surface area contributed by atoms with Crippen LogP contribution >= 0.6 is 11.3 Å². The van der Waals surface area contributed by atoms with E-state index in [1.54, 1.807) is 28.4 Å². The first-order valence-electron chi connectivity index (χ1n) is 7.50. The van der Waals surface area contributed by atoms with E-state index in [1.807, 2.05) is 19.9 Å². The summed E-state index contributed by atoms with van der Waals surface area (Å²) in [5.74, 6) is -0.121. The minimum atomic E-state index is -1.08. The van der Waals surface area contributed by atoms with Crippen LogP contribution in [-0.2, 0) is 0 Å². The third-order valence-corrected chi connectivity index (χ3v) is 5.42. The van der Waals surface area contributed by atoms with Crippen LogP contribution < -0.4 is 0 Å². The number of fused-ring (bicyclic) bond motifs is 1. The van der Waals surface area contributed by atoms with Crippen LogP contribution in [-0.4, -0.2) is 50.8 Å². The summed E-state index contributed by atoms with van der Waals surface area (Å²) < 4.78 is 1.06. The van der Waals surface area contributed by atoms with Gasteiger partial charge >= 0.3 is 0 Å². The fourth-order valence-electron chi connectivity index (χ4n) is 2.92. The van der Waals surface area contributed by atoms with E-state index in [-0.39, 0.29) is 12.5 Å². The van der Waals surface area contributed by atoms with Gasteiger partial charge in [-0.15, -0.1) is 11.3 Å². The average Bonchev–Trinajstić information content (AvgIpc) is 2.88.